The molecule has 0 aliphatic carbocycles. The molecule has 128 valence electrons. The van der Waals surface area contributed by atoms with Gasteiger partial charge in [-0.2, -0.15) is 0 Å². The molecular formula is C21H14ClNO2S. The number of amides is 2. The fourth-order valence-electron chi connectivity index (χ4n) is 2.90. The maximum absolute atomic E-state index is 12.7. The molecule has 5 heteroatoms. The summed E-state index contributed by atoms with van der Waals surface area (Å²) in [6.45, 7) is 0.266. The fraction of sp³-hybridized carbons (Fsp3) is 0.0476. The number of hydrogen-bond donors (Lipinski definition) is 0. The van der Waals surface area contributed by atoms with Gasteiger partial charge in [0.25, 0.3) is 11.1 Å². The summed E-state index contributed by atoms with van der Waals surface area (Å²) in [6, 6.07) is 21.2. The molecule has 26 heavy (non-hydrogen) atoms. The molecule has 3 nitrogen and oxygen atoms in total. The van der Waals surface area contributed by atoms with Crippen molar-refractivity contribution in [2.75, 3.05) is 0 Å². The molecule has 1 fully saturated rings. The second-order valence-corrected chi connectivity index (χ2v) is 7.43. The average molecular weight is 380 g/mol. The van der Waals surface area contributed by atoms with E-state index >= 15 is 0 Å². The molecule has 0 saturated carbocycles. The topological polar surface area (TPSA) is 37.4 Å². The van der Waals surface area contributed by atoms with Crippen LogP contribution in [-0.4, -0.2) is 16.0 Å². The minimum atomic E-state index is -0.270. The predicted molar refractivity (Wildman–Crippen MR) is 107 cm³/mol. The van der Waals surface area contributed by atoms with E-state index in [0.29, 0.717) is 9.93 Å². The molecule has 0 unspecified atom stereocenters. The van der Waals surface area contributed by atoms with Crippen LogP contribution >= 0.6 is 23.4 Å². The maximum Gasteiger partial charge on any atom is 0.293 e. The molecule has 1 aliphatic heterocycles. The molecule has 0 N–H and O–H groups in total. The first kappa shape index (κ1) is 16.9. The minimum absolute atomic E-state index is 0.253. The largest absolute Gasteiger partial charge is 0.293 e. The van der Waals surface area contributed by atoms with Gasteiger partial charge in [0.15, 0.2) is 0 Å². The Morgan fingerprint density at radius 2 is 1.73 bits per heavy atom. The summed E-state index contributed by atoms with van der Waals surface area (Å²) in [7, 11) is 0. The molecule has 1 saturated heterocycles. The van der Waals surface area contributed by atoms with Gasteiger partial charge in [0, 0.05) is 5.02 Å². The summed E-state index contributed by atoms with van der Waals surface area (Å²) in [6.07, 6.45) is 1.71. The zero-order chi connectivity index (χ0) is 18.1. The second kappa shape index (κ2) is 6.98. The van der Waals surface area contributed by atoms with Crippen molar-refractivity contribution in [3.63, 3.8) is 0 Å². The molecule has 3 aromatic rings. The van der Waals surface area contributed by atoms with Crippen molar-refractivity contribution in [2.45, 2.75) is 6.54 Å². The summed E-state index contributed by atoms with van der Waals surface area (Å²) in [5.74, 6) is -0.270. The van der Waals surface area contributed by atoms with E-state index in [1.54, 1.807) is 18.2 Å². The SMILES string of the molecule is O=C1S/C(=C\c2cccc(Cl)c2)C(=O)N1Cc1ccc2ccccc2c1. The molecule has 3 aromatic carbocycles. The molecular weight excluding hydrogens is 366 g/mol. The molecule has 0 radical (unpaired) electrons. The van der Waals surface area contributed by atoms with E-state index in [1.165, 1.54) is 4.90 Å². The van der Waals surface area contributed by atoms with Crippen LogP contribution in [0.1, 0.15) is 11.1 Å². The van der Waals surface area contributed by atoms with Gasteiger partial charge >= 0.3 is 0 Å². The fourth-order valence-corrected chi connectivity index (χ4v) is 3.94. The molecule has 0 bridgehead atoms. The van der Waals surface area contributed by atoms with E-state index in [0.717, 1.165) is 33.7 Å². The highest BCUT2D eigenvalue weighted by atomic mass is 35.5. The first-order valence-corrected chi connectivity index (χ1v) is 9.28. The van der Waals surface area contributed by atoms with Crippen molar-refractivity contribution in [3.8, 4) is 0 Å². The summed E-state index contributed by atoms with van der Waals surface area (Å²) in [5.41, 5.74) is 1.73. The first-order chi connectivity index (χ1) is 12.6. The van der Waals surface area contributed by atoms with E-state index in [-0.39, 0.29) is 17.7 Å². The monoisotopic (exact) mass is 379 g/mol. The number of fused-ring (bicyclic) bond motifs is 1. The minimum Gasteiger partial charge on any atom is -0.268 e. The number of nitrogens with zero attached hydrogens (tertiary/aromatic N) is 1. The lowest BCUT2D eigenvalue weighted by Crippen LogP contribution is -2.27. The molecule has 1 aliphatic rings. The highest BCUT2D eigenvalue weighted by Crippen LogP contribution is 2.33. The summed E-state index contributed by atoms with van der Waals surface area (Å²) >= 11 is 6.94. The third-order valence-corrected chi connectivity index (χ3v) is 5.32. The molecule has 0 spiro atoms. The molecule has 0 aromatic heterocycles. The Labute approximate surface area is 160 Å². The number of carbonyl (C=O) groups is 2. The van der Waals surface area contributed by atoms with E-state index in [4.69, 9.17) is 11.6 Å². The zero-order valence-electron chi connectivity index (χ0n) is 13.7. The number of imide groups is 1. The van der Waals surface area contributed by atoms with Crippen molar-refractivity contribution in [2.24, 2.45) is 0 Å². The van der Waals surface area contributed by atoms with Crippen molar-refractivity contribution >= 4 is 51.4 Å². The maximum atomic E-state index is 12.7. The van der Waals surface area contributed by atoms with Gasteiger partial charge in [-0.3, -0.25) is 14.5 Å². The third kappa shape index (κ3) is 3.39. The van der Waals surface area contributed by atoms with Crippen LogP contribution in [0.3, 0.4) is 0 Å². The lowest BCUT2D eigenvalue weighted by molar-refractivity contribution is -0.123. The Balaban J connectivity index is 1.58. The van der Waals surface area contributed by atoms with Gasteiger partial charge in [-0.25, -0.2) is 0 Å². The summed E-state index contributed by atoms with van der Waals surface area (Å²) in [4.78, 5) is 26.7. The van der Waals surface area contributed by atoms with Crippen molar-refractivity contribution in [1.82, 2.24) is 4.90 Å². The molecule has 1 heterocycles. The van der Waals surface area contributed by atoms with Gasteiger partial charge < -0.3 is 0 Å². The zero-order valence-corrected chi connectivity index (χ0v) is 15.3. The molecule has 2 amide bonds. The van der Waals surface area contributed by atoms with E-state index < -0.39 is 0 Å². The van der Waals surface area contributed by atoms with E-state index in [1.807, 2.05) is 54.6 Å². The van der Waals surface area contributed by atoms with Crippen molar-refractivity contribution < 1.29 is 9.59 Å². The van der Waals surface area contributed by atoms with Crippen molar-refractivity contribution in [3.05, 3.63) is 87.8 Å². The van der Waals surface area contributed by atoms with E-state index in [9.17, 15) is 9.59 Å². The van der Waals surface area contributed by atoms with Crippen LogP contribution in [0.5, 0.6) is 0 Å². The lowest BCUT2D eigenvalue weighted by atomic mass is 10.1. The second-order valence-electron chi connectivity index (χ2n) is 6.00. The van der Waals surface area contributed by atoms with Crippen LogP contribution < -0.4 is 0 Å². The summed E-state index contributed by atoms with van der Waals surface area (Å²) < 4.78 is 0. The van der Waals surface area contributed by atoms with Gasteiger partial charge in [-0.15, -0.1) is 0 Å². The van der Waals surface area contributed by atoms with Crippen LogP contribution in [0.25, 0.3) is 16.8 Å². The van der Waals surface area contributed by atoms with Crippen LogP contribution in [-0.2, 0) is 11.3 Å². The number of thioether (sulfide) groups is 1. The van der Waals surface area contributed by atoms with Gasteiger partial charge in [-0.1, -0.05) is 60.1 Å². The van der Waals surface area contributed by atoms with Crippen molar-refractivity contribution in [1.29, 1.82) is 0 Å². The number of halogens is 1. The van der Waals surface area contributed by atoms with Gasteiger partial charge in [0.05, 0.1) is 11.4 Å². The number of hydrogen-bond acceptors (Lipinski definition) is 3. The number of rotatable bonds is 3. The van der Waals surface area contributed by atoms with E-state index in [2.05, 4.69) is 0 Å². The highest BCUT2D eigenvalue weighted by Gasteiger charge is 2.34. The molecule has 4 rings (SSSR count). The Morgan fingerprint density at radius 3 is 2.54 bits per heavy atom. The van der Waals surface area contributed by atoms with Crippen LogP contribution in [0, 0.1) is 0 Å². The van der Waals surface area contributed by atoms with Gasteiger partial charge in [0.2, 0.25) is 0 Å². The first-order valence-electron chi connectivity index (χ1n) is 8.09. The Morgan fingerprint density at radius 1 is 0.923 bits per heavy atom. The average Bonchev–Trinajstić information content (AvgIpc) is 2.89. The Hall–Kier alpha value is -2.56. The van der Waals surface area contributed by atoms with Crippen LogP contribution in [0.2, 0.25) is 5.02 Å². The normalized spacial score (nSPS) is 16.0. The van der Waals surface area contributed by atoms with Crippen LogP contribution in [0.15, 0.2) is 71.6 Å². The summed E-state index contributed by atoms with van der Waals surface area (Å²) in [5, 5.41) is 2.56. The quantitative estimate of drug-likeness (QED) is 0.545. The third-order valence-electron chi connectivity index (χ3n) is 4.17. The Kier molecular flexibility index (Phi) is 4.53. The smallest absolute Gasteiger partial charge is 0.268 e. The Bertz CT molecular complexity index is 1060. The van der Waals surface area contributed by atoms with Gasteiger partial charge in [-0.05, 0) is 57.9 Å². The molecule has 0 atom stereocenters. The van der Waals surface area contributed by atoms with Crippen LogP contribution in [0.4, 0.5) is 4.79 Å². The highest BCUT2D eigenvalue weighted by molar-refractivity contribution is 8.18. The predicted octanol–water partition coefficient (Wildman–Crippen LogP) is 5.73. The number of carbonyl (C=O) groups excluding carboxylic acids is 2. The standard InChI is InChI=1S/C21H14ClNO2S/c22-18-7-3-4-14(11-18)12-19-20(24)23(21(25)26-19)13-15-8-9-16-5-1-2-6-17(16)10-15/h1-12H,13H2/b19-12-. The lowest BCUT2D eigenvalue weighted by Gasteiger charge is -2.13. The number of benzene rings is 3. The van der Waals surface area contributed by atoms with Gasteiger partial charge in [0.1, 0.15) is 0 Å².